The Morgan fingerprint density at radius 3 is 2.15 bits per heavy atom. The van der Waals surface area contributed by atoms with Crippen molar-refractivity contribution >= 4 is 11.9 Å². The van der Waals surface area contributed by atoms with Crippen LogP contribution in [-0.4, -0.2) is 18.5 Å². The number of carboxylic acids is 1. The van der Waals surface area contributed by atoms with E-state index in [9.17, 15) is 14.7 Å². The van der Waals surface area contributed by atoms with Crippen LogP contribution in [-0.2, 0) is 14.3 Å². The molecule has 0 heterocycles. The van der Waals surface area contributed by atoms with Crippen LogP contribution in [0.5, 0.6) is 0 Å². The molecule has 4 nitrogen and oxygen atoms in total. The van der Waals surface area contributed by atoms with Gasteiger partial charge in [-0.05, 0) is 32.1 Å². The van der Waals surface area contributed by atoms with Gasteiger partial charge in [0.05, 0.1) is 12.5 Å². The van der Waals surface area contributed by atoms with E-state index in [-0.39, 0.29) is 35.5 Å². The summed E-state index contributed by atoms with van der Waals surface area (Å²) in [5.74, 6) is -2.67. The first-order chi connectivity index (χ1) is 12.2. The third-order valence-electron chi connectivity index (χ3n) is 5.04. The molecule has 144 valence electrons. The van der Waals surface area contributed by atoms with E-state index in [1.807, 2.05) is 0 Å². The van der Waals surface area contributed by atoms with Gasteiger partial charge in [0.25, 0.3) is 0 Å². The van der Waals surface area contributed by atoms with Crippen molar-refractivity contribution in [3.8, 4) is 0 Å². The Balaban J connectivity index is 0.00000625. The Bertz CT molecular complexity index is 409. The molecule has 0 N–H and O–H groups in total. The van der Waals surface area contributed by atoms with E-state index in [4.69, 9.17) is 4.74 Å². The maximum Gasteiger partial charge on any atom is 1.00 e. The molecule has 0 radical (unpaired) electrons. The first-order valence-electron chi connectivity index (χ1n) is 10.2. The summed E-state index contributed by atoms with van der Waals surface area (Å²) in [6, 6.07) is 0. The van der Waals surface area contributed by atoms with E-state index in [0.29, 0.717) is 25.9 Å². The van der Waals surface area contributed by atoms with Crippen LogP contribution in [0.4, 0.5) is 0 Å². The fraction of sp³-hybridized carbons (Fsp3) is 0.810. The molecule has 0 spiro atoms. The SMILES string of the molecule is CCCCCCCCC/C=C/CCOC(=O)C1CCCCC1C(=O)[O-].[Na+]. The van der Waals surface area contributed by atoms with Gasteiger partial charge in [-0.15, -0.1) is 0 Å². The molecule has 1 rings (SSSR count). The number of unbranched alkanes of at least 4 members (excludes halogenated alkanes) is 7. The fourth-order valence-corrected chi connectivity index (χ4v) is 3.48. The van der Waals surface area contributed by atoms with Crippen LogP contribution in [0, 0.1) is 11.8 Å². The minimum absolute atomic E-state index is 0. The molecule has 1 saturated carbocycles. The molecular formula is C21H35NaO4. The first kappa shape index (κ1) is 25.7. The minimum Gasteiger partial charge on any atom is -0.550 e. The second kappa shape index (κ2) is 16.8. The molecule has 5 heteroatoms. The number of carboxylic acid groups (broad SMARTS) is 1. The molecule has 1 aliphatic carbocycles. The van der Waals surface area contributed by atoms with E-state index >= 15 is 0 Å². The summed E-state index contributed by atoms with van der Waals surface area (Å²) in [6.45, 7) is 2.57. The molecule has 0 bridgehead atoms. The van der Waals surface area contributed by atoms with Gasteiger partial charge in [0.1, 0.15) is 0 Å². The average Bonchev–Trinajstić information content (AvgIpc) is 2.62. The number of esters is 1. The van der Waals surface area contributed by atoms with Crippen molar-refractivity contribution in [2.45, 2.75) is 90.4 Å². The van der Waals surface area contributed by atoms with Crippen LogP contribution >= 0.6 is 0 Å². The summed E-state index contributed by atoms with van der Waals surface area (Å²) in [4.78, 5) is 23.2. The van der Waals surface area contributed by atoms with Crippen LogP contribution in [0.2, 0.25) is 0 Å². The van der Waals surface area contributed by atoms with Gasteiger partial charge >= 0.3 is 35.5 Å². The van der Waals surface area contributed by atoms with Gasteiger partial charge in [0.15, 0.2) is 0 Å². The van der Waals surface area contributed by atoms with Crippen LogP contribution in [0.1, 0.15) is 90.4 Å². The molecule has 0 saturated heterocycles. The Labute approximate surface area is 181 Å². The normalized spacial score (nSPS) is 19.9. The summed E-state index contributed by atoms with van der Waals surface area (Å²) in [6.07, 6.45) is 18.1. The summed E-state index contributed by atoms with van der Waals surface area (Å²) in [5, 5.41) is 11.1. The summed E-state index contributed by atoms with van der Waals surface area (Å²) in [5.41, 5.74) is 0. The van der Waals surface area contributed by atoms with Crippen molar-refractivity contribution in [2.24, 2.45) is 11.8 Å². The number of allylic oxidation sites excluding steroid dienone is 1. The monoisotopic (exact) mass is 374 g/mol. The summed E-state index contributed by atoms with van der Waals surface area (Å²) in [7, 11) is 0. The standard InChI is InChI=1S/C21H36O4.Na/c1-2-3-4-5-6-7-8-9-10-11-14-17-25-21(24)19-16-13-12-15-18(19)20(22)23;/h10-11,18-19H,2-9,12-17H2,1H3,(H,22,23);/q;+1/p-1/b11-10+;. The van der Waals surface area contributed by atoms with Crippen molar-refractivity contribution in [1.82, 2.24) is 0 Å². The summed E-state index contributed by atoms with van der Waals surface area (Å²) < 4.78 is 5.26. The number of carbonyl (C=O) groups is 2. The van der Waals surface area contributed by atoms with Gasteiger partial charge in [-0.3, -0.25) is 4.79 Å². The molecule has 0 aliphatic heterocycles. The van der Waals surface area contributed by atoms with Crippen molar-refractivity contribution in [2.75, 3.05) is 6.61 Å². The van der Waals surface area contributed by atoms with Gasteiger partial charge in [0.2, 0.25) is 0 Å². The van der Waals surface area contributed by atoms with Crippen LogP contribution < -0.4 is 34.7 Å². The molecular weight excluding hydrogens is 339 g/mol. The average molecular weight is 374 g/mol. The smallest absolute Gasteiger partial charge is 0.550 e. The Kier molecular flexibility index (Phi) is 16.6. The predicted molar refractivity (Wildman–Crippen MR) is 97.8 cm³/mol. The van der Waals surface area contributed by atoms with Gasteiger partial charge in [0, 0.05) is 11.9 Å². The minimum atomic E-state index is -1.11. The molecule has 1 aliphatic rings. The van der Waals surface area contributed by atoms with Gasteiger partial charge in [-0.2, -0.15) is 0 Å². The van der Waals surface area contributed by atoms with Gasteiger partial charge in [-0.25, -0.2) is 0 Å². The van der Waals surface area contributed by atoms with Gasteiger partial charge < -0.3 is 14.6 Å². The number of hydrogen-bond acceptors (Lipinski definition) is 4. The zero-order valence-electron chi connectivity index (χ0n) is 16.8. The zero-order valence-corrected chi connectivity index (χ0v) is 18.8. The van der Waals surface area contributed by atoms with Crippen molar-refractivity contribution in [1.29, 1.82) is 0 Å². The molecule has 0 aromatic heterocycles. The van der Waals surface area contributed by atoms with Crippen molar-refractivity contribution in [3.63, 3.8) is 0 Å². The topological polar surface area (TPSA) is 66.4 Å². The quantitative estimate of drug-likeness (QED) is 0.210. The Hall–Kier alpha value is -0.320. The fourth-order valence-electron chi connectivity index (χ4n) is 3.48. The third-order valence-corrected chi connectivity index (χ3v) is 5.04. The van der Waals surface area contributed by atoms with Crippen LogP contribution in [0.15, 0.2) is 12.2 Å². The maximum absolute atomic E-state index is 12.1. The van der Waals surface area contributed by atoms with Crippen molar-refractivity contribution < 1.29 is 49.0 Å². The predicted octanol–water partition coefficient (Wildman–Crippen LogP) is 1.18. The third kappa shape index (κ3) is 11.4. The number of rotatable bonds is 13. The number of ether oxygens (including phenoxy) is 1. The Morgan fingerprint density at radius 2 is 1.50 bits per heavy atom. The molecule has 0 amide bonds. The second-order valence-corrected chi connectivity index (χ2v) is 7.15. The molecule has 0 aromatic rings. The number of aliphatic carboxylic acids is 1. The van der Waals surface area contributed by atoms with E-state index in [1.54, 1.807) is 0 Å². The molecule has 0 aromatic carbocycles. The number of hydrogen-bond donors (Lipinski definition) is 0. The Morgan fingerprint density at radius 1 is 0.923 bits per heavy atom. The summed E-state index contributed by atoms with van der Waals surface area (Å²) >= 11 is 0. The first-order valence-corrected chi connectivity index (χ1v) is 10.2. The zero-order chi connectivity index (χ0) is 18.3. The largest absolute Gasteiger partial charge is 1.00 e. The van der Waals surface area contributed by atoms with E-state index in [2.05, 4.69) is 19.1 Å². The van der Waals surface area contributed by atoms with E-state index in [0.717, 1.165) is 19.3 Å². The molecule has 2 unspecified atom stereocenters. The van der Waals surface area contributed by atoms with E-state index < -0.39 is 17.8 Å². The second-order valence-electron chi connectivity index (χ2n) is 7.15. The molecule has 26 heavy (non-hydrogen) atoms. The van der Waals surface area contributed by atoms with Crippen molar-refractivity contribution in [3.05, 3.63) is 12.2 Å². The maximum atomic E-state index is 12.1. The number of carbonyl (C=O) groups excluding carboxylic acids is 2. The van der Waals surface area contributed by atoms with E-state index in [1.165, 1.54) is 44.9 Å². The van der Waals surface area contributed by atoms with Crippen LogP contribution in [0.3, 0.4) is 0 Å². The van der Waals surface area contributed by atoms with Gasteiger partial charge in [-0.1, -0.05) is 70.4 Å². The van der Waals surface area contributed by atoms with Crippen LogP contribution in [0.25, 0.3) is 0 Å². The molecule has 1 fully saturated rings. The molecule has 2 atom stereocenters.